The number of benzene rings is 4. The van der Waals surface area contributed by atoms with Gasteiger partial charge < -0.3 is 9.47 Å². The first-order valence-electron chi connectivity index (χ1n) is 12.1. The second-order valence-corrected chi connectivity index (χ2v) is 8.99. The molecule has 0 saturated carbocycles. The van der Waals surface area contributed by atoms with E-state index in [4.69, 9.17) is 21.1 Å². The summed E-state index contributed by atoms with van der Waals surface area (Å²) in [4.78, 5) is 42.6. The molecule has 5 rings (SSSR count). The second kappa shape index (κ2) is 11.2. The van der Waals surface area contributed by atoms with Crippen molar-refractivity contribution in [2.45, 2.75) is 6.61 Å². The monoisotopic (exact) mass is 538 g/mol. The zero-order valence-electron chi connectivity index (χ0n) is 20.9. The van der Waals surface area contributed by atoms with Crippen LogP contribution in [0.4, 0.5) is 16.2 Å². The van der Waals surface area contributed by atoms with E-state index < -0.39 is 17.8 Å². The van der Waals surface area contributed by atoms with Gasteiger partial charge in [0.25, 0.3) is 11.8 Å². The zero-order chi connectivity index (χ0) is 27.4. The first kappa shape index (κ1) is 25.8. The molecule has 0 bridgehead atoms. The van der Waals surface area contributed by atoms with Crippen LogP contribution in [0.3, 0.4) is 0 Å². The zero-order valence-corrected chi connectivity index (χ0v) is 21.7. The minimum Gasteiger partial charge on any atom is -0.493 e. The van der Waals surface area contributed by atoms with Crippen LogP contribution in [0.5, 0.6) is 11.5 Å². The Labute approximate surface area is 230 Å². The molecular weight excluding hydrogens is 516 g/mol. The molecule has 4 aromatic carbocycles. The molecule has 4 amide bonds. The molecule has 1 saturated heterocycles. The lowest BCUT2D eigenvalue weighted by molar-refractivity contribution is -0.121. The van der Waals surface area contributed by atoms with Gasteiger partial charge in [-0.1, -0.05) is 72.3 Å². The molecule has 7 nitrogen and oxygen atoms in total. The van der Waals surface area contributed by atoms with E-state index >= 15 is 0 Å². The van der Waals surface area contributed by atoms with Crippen LogP contribution in [0.25, 0.3) is 6.08 Å². The van der Waals surface area contributed by atoms with Gasteiger partial charge in [0.1, 0.15) is 12.2 Å². The topological polar surface area (TPSA) is 76.2 Å². The number of para-hydroxylation sites is 2. The van der Waals surface area contributed by atoms with E-state index in [1.807, 2.05) is 18.2 Å². The average molecular weight is 539 g/mol. The van der Waals surface area contributed by atoms with Gasteiger partial charge >= 0.3 is 6.03 Å². The van der Waals surface area contributed by atoms with Gasteiger partial charge in [0, 0.05) is 10.6 Å². The van der Waals surface area contributed by atoms with E-state index in [1.165, 1.54) is 13.2 Å². The van der Waals surface area contributed by atoms with Crippen LogP contribution in [0, 0.1) is 0 Å². The quantitative estimate of drug-likeness (QED) is 0.198. The third-order valence-electron chi connectivity index (χ3n) is 6.12. The van der Waals surface area contributed by atoms with Crippen LogP contribution < -0.4 is 19.3 Å². The van der Waals surface area contributed by atoms with Crippen molar-refractivity contribution >= 4 is 46.9 Å². The predicted octanol–water partition coefficient (Wildman–Crippen LogP) is 6.51. The van der Waals surface area contributed by atoms with E-state index in [0.717, 1.165) is 15.4 Å². The lowest BCUT2D eigenvalue weighted by Gasteiger charge is -2.33. The molecular formula is C31H23ClN2O5. The maximum absolute atomic E-state index is 13.6. The fourth-order valence-corrected chi connectivity index (χ4v) is 4.36. The first-order chi connectivity index (χ1) is 19.0. The Morgan fingerprint density at radius 2 is 1.28 bits per heavy atom. The number of carbonyl (C=O) groups excluding carboxylic acids is 3. The van der Waals surface area contributed by atoms with E-state index in [-0.39, 0.29) is 12.2 Å². The summed E-state index contributed by atoms with van der Waals surface area (Å²) in [6, 6.07) is 28.6. The van der Waals surface area contributed by atoms with E-state index in [2.05, 4.69) is 0 Å². The van der Waals surface area contributed by atoms with E-state index in [0.29, 0.717) is 33.5 Å². The Bertz CT molecular complexity index is 1510. The van der Waals surface area contributed by atoms with Gasteiger partial charge in [-0.25, -0.2) is 14.6 Å². The molecule has 0 aromatic heterocycles. The number of urea groups is 1. The molecule has 1 aliphatic heterocycles. The maximum Gasteiger partial charge on any atom is 0.343 e. The standard InChI is InChI=1S/C31H23ClN2O5/c1-38-28-19-21(16-17-27(28)39-20-22-10-8-9-15-26(22)32)18-25-29(35)33(23-11-4-2-5-12-23)31(37)34(30(25)36)24-13-6-3-7-14-24/h2-19H,20H2,1H3. The van der Waals surface area contributed by atoms with Crippen LogP contribution in [-0.4, -0.2) is 25.0 Å². The summed E-state index contributed by atoms with van der Waals surface area (Å²) < 4.78 is 11.4. The maximum atomic E-state index is 13.6. The van der Waals surface area contributed by atoms with Gasteiger partial charge in [0.05, 0.1) is 18.5 Å². The Hall–Kier alpha value is -4.88. The lowest BCUT2D eigenvalue weighted by atomic mass is 10.0. The number of imide groups is 2. The summed E-state index contributed by atoms with van der Waals surface area (Å²) in [5.41, 5.74) is 1.87. The number of barbiturate groups is 1. The third kappa shape index (κ3) is 5.26. The Balaban J connectivity index is 1.51. The first-order valence-corrected chi connectivity index (χ1v) is 12.4. The van der Waals surface area contributed by atoms with Crippen LogP contribution in [0.2, 0.25) is 5.02 Å². The summed E-state index contributed by atoms with van der Waals surface area (Å²) in [7, 11) is 1.50. The highest BCUT2D eigenvalue weighted by Crippen LogP contribution is 2.33. The van der Waals surface area contributed by atoms with Gasteiger partial charge in [0.2, 0.25) is 0 Å². The average Bonchev–Trinajstić information content (AvgIpc) is 2.96. The minimum absolute atomic E-state index is 0.172. The number of carbonyl (C=O) groups is 3. The number of ether oxygens (including phenoxy) is 2. The molecule has 0 radical (unpaired) electrons. The normalized spacial score (nSPS) is 13.5. The number of halogens is 1. The van der Waals surface area contributed by atoms with Crippen molar-refractivity contribution < 1.29 is 23.9 Å². The van der Waals surface area contributed by atoms with Crippen molar-refractivity contribution in [2.24, 2.45) is 0 Å². The molecule has 1 fully saturated rings. The molecule has 4 aromatic rings. The number of rotatable bonds is 7. The summed E-state index contributed by atoms with van der Waals surface area (Å²) in [6.07, 6.45) is 1.45. The molecule has 0 N–H and O–H groups in total. The highest BCUT2D eigenvalue weighted by atomic mass is 35.5. The molecule has 0 spiro atoms. The van der Waals surface area contributed by atoms with E-state index in [1.54, 1.807) is 84.9 Å². The van der Waals surface area contributed by atoms with Crippen LogP contribution in [0.15, 0.2) is 109 Å². The number of anilines is 2. The highest BCUT2D eigenvalue weighted by molar-refractivity contribution is 6.46. The van der Waals surface area contributed by atoms with Crippen LogP contribution in [0.1, 0.15) is 11.1 Å². The number of amides is 4. The van der Waals surface area contributed by atoms with Crippen molar-refractivity contribution in [2.75, 3.05) is 16.9 Å². The summed E-state index contributed by atoms with van der Waals surface area (Å²) >= 11 is 6.23. The van der Waals surface area contributed by atoms with Crippen molar-refractivity contribution in [1.82, 2.24) is 0 Å². The Morgan fingerprint density at radius 3 is 1.85 bits per heavy atom. The largest absolute Gasteiger partial charge is 0.493 e. The van der Waals surface area contributed by atoms with Crippen molar-refractivity contribution in [1.29, 1.82) is 0 Å². The number of hydrogen-bond donors (Lipinski definition) is 0. The van der Waals surface area contributed by atoms with Gasteiger partial charge in [-0.15, -0.1) is 0 Å². The van der Waals surface area contributed by atoms with Gasteiger partial charge in [0.15, 0.2) is 11.5 Å². The smallest absolute Gasteiger partial charge is 0.343 e. The Kier molecular flexibility index (Phi) is 7.43. The predicted molar refractivity (Wildman–Crippen MR) is 150 cm³/mol. The fraction of sp³-hybridized carbons (Fsp3) is 0.0645. The summed E-state index contributed by atoms with van der Waals surface area (Å²) in [5.74, 6) is -0.571. The second-order valence-electron chi connectivity index (χ2n) is 8.58. The molecule has 0 aliphatic carbocycles. The minimum atomic E-state index is -0.750. The SMILES string of the molecule is COc1cc(C=C2C(=O)N(c3ccccc3)C(=O)N(c3ccccc3)C2=O)ccc1OCc1ccccc1Cl. The van der Waals surface area contributed by atoms with Crippen LogP contribution in [-0.2, 0) is 16.2 Å². The van der Waals surface area contributed by atoms with Crippen LogP contribution >= 0.6 is 11.6 Å². The molecule has 1 aliphatic rings. The Morgan fingerprint density at radius 1 is 0.718 bits per heavy atom. The van der Waals surface area contributed by atoms with Gasteiger partial charge in [-0.3, -0.25) is 9.59 Å². The third-order valence-corrected chi connectivity index (χ3v) is 6.49. The fourth-order valence-electron chi connectivity index (χ4n) is 4.17. The highest BCUT2D eigenvalue weighted by Gasteiger charge is 2.43. The summed E-state index contributed by atoms with van der Waals surface area (Å²) in [6.45, 7) is 0.230. The molecule has 39 heavy (non-hydrogen) atoms. The molecule has 8 heteroatoms. The number of nitrogens with zero attached hydrogens (tertiary/aromatic N) is 2. The van der Waals surface area contributed by atoms with Crippen molar-refractivity contribution in [3.8, 4) is 11.5 Å². The molecule has 194 valence electrons. The molecule has 0 atom stereocenters. The van der Waals surface area contributed by atoms with Crippen molar-refractivity contribution in [3.63, 3.8) is 0 Å². The van der Waals surface area contributed by atoms with Gasteiger partial charge in [-0.05, 0) is 54.1 Å². The summed E-state index contributed by atoms with van der Waals surface area (Å²) in [5, 5.41) is 0.590. The lowest BCUT2D eigenvalue weighted by Crippen LogP contribution is -2.57. The number of hydrogen-bond acceptors (Lipinski definition) is 5. The molecule has 1 heterocycles. The van der Waals surface area contributed by atoms with Gasteiger partial charge in [-0.2, -0.15) is 0 Å². The number of methoxy groups -OCH3 is 1. The van der Waals surface area contributed by atoms with Crippen molar-refractivity contribution in [3.05, 3.63) is 125 Å². The van der Waals surface area contributed by atoms with E-state index in [9.17, 15) is 14.4 Å². The molecule has 0 unspecified atom stereocenters.